The third-order valence-electron chi connectivity index (χ3n) is 3.10. The summed E-state index contributed by atoms with van der Waals surface area (Å²) in [5.74, 6) is 0.849. The lowest BCUT2D eigenvalue weighted by atomic mass is 10.2. The zero-order valence-electron chi connectivity index (χ0n) is 10.6. The zero-order valence-corrected chi connectivity index (χ0v) is 10.6. The van der Waals surface area contributed by atoms with Crippen molar-refractivity contribution < 1.29 is 20.1 Å². The van der Waals surface area contributed by atoms with Gasteiger partial charge in [0, 0.05) is 6.54 Å². The predicted octanol–water partition coefficient (Wildman–Crippen LogP) is -1.03. The first-order valence-electron chi connectivity index (χ1n) is 6.21. The Bertz CT molecular complexity index is 429. The Morgan fingerprint density at radius 1 is 1.42 bits per heavy atom. The van der Waals surface area contributed by atoms with Gasteiger partial charge in [-0.1, -0.05) is 0 Å². The number of aliphatic hydroxyl groups excluding tert-OH is 3. The molecule has 2 atom stereocenters. The maximum absolute atomic E-state index is 9.66. The molecular weight excluding hydrogens is 250 g/mol. The van der Waals surface area contributed by atoms with Gasteiger partial charge in [-0.25, -0.2) is 0 Å². The van der Waals surface area contributed by atoms with Crippen LogP contribution in [-0.4, -0.2) is 58.8 Å². The summed E-state index contributed by atoms with van der Waals surface area (Å²) < 4.78 is 5.24. The van der Waals surface area contributed by atoms with Gasteiger partial charge in [0.2, 0.25) is 5.88 Å². The number of nitrogens with zero attached hydrogens (tertiary/aromatic N) is 2. The number of β-amino-alcohol motifs (C(OH)–C–C–N with tert-alkyl or cyclic N) is 1. The van der Waals surface area contributed by atoms with Gasteiger partial charge in [-0.05, 0) is 18.6 Å². The van der Waals surface area contributed by atoms with Crippen molar-refractivity contribution >= 4 is 11.5 Å². The van der Waals surface area contributed by atoms with Crippen LogP contribution in [0.1, 0.15) is 6.42 Å². The summed E-state index contributed by atoms with van der Waals surface area (Å²) in [4.78, 5) is 6.10. The van der Waals surface area contributed by atoms with E-state index in [9.17, 15) is 10.2 Å². The molecule has 0 amide bonds. The van der Waals surface area contributed by atoms with E-state index in [-0.39, 0.29) is 31.7 Å². The van der Waals surface area contributed by atoms with Crippen LogP contribution in [-0.2, 0) is 0 Å². The summed E-state index contributed by atoms with van der Waals surface area (Å²) in [6.45, 7) is 0.372. The number of pyridine rings is 1. The Hall–Kier alpha value is -1.57. The molecular formula is C12H19N3O4. The van der Waals surface area contributed by atoms with E-state index in [1.807, 2.05) is 4.90 Å². The number of nitrogen functional groups attached to an aromatic ring is 1. The number of anilines is 2. The van der Waals surface area contributed by atoms with E-state index in [1.54, 1.807) is 12.1 Å². The average molecular weight is 269 g/mol. The largest absolute Gasteiger partial charge is 0.474 e. The summed E-state index contributed by atoms with van der Waals surface area (Å²) in [6.07, 6.45) is 0.0355. The van der Waals surface area contributed by atoms with Gasteiger partial charge >= 0.3 is 0 Å². The van der Waals surface area contributed by atoms with Crippen LogP contribution in [0.5, 0.6) is 5.88 Å². The first kappa shape index (κ1) is 13.9. The number of hydrogen-bond donors (Lipinski definition) is 4. The van der Waals surface area contributed by atoms with Crippen LogP contribution in [0.2, 0.25) is 0 Å². The quantitative estimate of drug-likeness (QED) is 0.540. The van der Waals surface area contributed by atoms with Crippen molar-refractivity contribution in [2.75, 3.05) is 37.0 Å². The lowest BCUT2D eigenvalue weighted by Crippen LogP contribution is -2.33. The molecule has 0 aromatic carbocycles. The Balaban J connectivity index is 2.20. The molecule has 7 heteroatoms. The Labute approximate surface area is 111 Å². The monoisotopic (exact) mass is 269 g/mol. The molecule has 7 nitrogen and oxygen atoms in total. The zero-order chi connectivity index (χ0) is 13.8. The molecule has 1 aliphatic heterocycles. The normalized spacial score (nSPS) is 22.8. The standard InChI is InChI=1S/C12H19N3O4/c13-10-1-2-11(14-12(10)19-4-3-16)15-6-9(18)5-8(15)7-17/h1-2,8-9,16-18H,3-7,13H2. The van der Waals surface area contributed by atoms with Crippen molar-refractivity contribution in [2.45, 2.75) is 18.6 Å². The summed E-state index contributed by atoms with van der Waals surface area (Å²) in [5.41, 5.74) is 6.12. The van der Waals surface area contributed by atoms with E-state index >= 15 is 0 Å². The summed E-state index contributed by atoms with van der Waals surface area (Å²) in [6, 6.07) is 3.23. The smallest absolute Gasteiger partial charge is 0.239 e. The molecule has 0 saturated carbocycles. The minimum atomic E-state index is -0.474. The van der Waals surface area contributed by atoms with Crippen molar-refractivity contribution in [1.82, 2.24) is 4.98 Å². The molecule has 106 valence electrons. The van der Waals surface area contributed by atoms with Crippen LogP contribution in [0.4, 0.5) is 11.5 Å². The van der Waals surface area contributed by atoms with E-state index in [0.717, 1.165) is 0 Å². The number of ether oxygens (including phenoxy) is 1. The molecule has 5 N–H and O–H groups in total. The van der Waals surface area contributed by atoms with E-state index in [2.05, 4.69) is 4.98 Å². The van der Waals surface area contributed by atoms with Gasteiger partial charge in [-0.3, -0.25) is 0 Å². The van der Waals surface area contributed by atoms with Crippen molar-refractivity contribution in [3.8, 4) is 5.88 Å². The molecule has 2 heterocycles. The average Bonchev–Trinajstić information content (AvgIpc) is 2.79. The number of hydrogen-bond acceptors (Lipinski definition) is 7. The molecule has 0 aliphatic carbocycles. The second-order valence-electron chi connectivity index (χ2n) is 4.51. The van der Waals surface area contributed by atoms with Crippen molar-refractivity contribution in [3.05, 3.63) is 12.1 Å². The maximum Gasteiger partial charge on any atom is 0.239 e. The van der Waals surface area contributed by atoms with E-state index < -0.39 is 6.10 Å². The number of rotatable bonds is 5. The molecule has 1 fully saturated rings. The van der Waals surface area contributed by atoms with Gasteiger partial charge < -0.3 is 30.7 Å². The SMILES string of the molecule is Nc1ccc(N2CC(O)CC2CO)nc1OCCO. The van der Waals surface area contributed by atoms with Crippen LogP contribution in [0, 0.1) is 0 Å². The van der Waals surface area contributed by atoms with Crippen LogP contribution < -0.4 is 15.4 Å². The molecule has 0 radical (unpaired) electrons. The maximum atomic E-state index is 9.66. The fourth-order valence-corrected chi connectivity index (χ4v) is 2.20. The molecule has 0 bridgehead atoms. The van der Waals surface area contributed by atoms with Gasteiger partial charge in [-0.2, -0.15) is 4.98 Å². The fraction of sp³-hybridized carbons (Fsp3) is 0.583. The van der Waals surface area contributed by atoms with Gasteiger partial charge in [-0.15, -0.1) is 0 Å². The van der Waals surface area contributed by atoms with Gasteiger partial charge in [0.25, 0.3) is 0 Å². The number of nitrogens with two attached hydrogens (primary N) is 1. The second-order valence-corrected chi connectivity index (χ2v) is 4.51. The summed E-state index contributed by atoms with van der Waals surface area (Å²) in [7, 11) is 0. The molecule has 0 spiro atoms. The highest BCUT2D eigenvalue weighted by Gasteiger charge is 2.31. The summed E-state index contributed by atoms with van der Waals surface area (Å²) in [5, 5.41) is 27.7. The highest BCUT2D eigenvalue weighted by atomic mass is 16.5. The van der Waals surface area contributed by atoms with Crippen molar-refractivity contribution in [2.24, 2.45) is 0 Å². The summed E-state index contributed by atoms with van der Waals surface area (Å²) >= 11 is 0. The van der Waals surface area contributed by atoms with E-state index in [1.165, 1.54) is 0 Å². The van der Waals surface area contributed by atoms with Gasteiger partial charge in [0.15, 0.2) is 0 Å². The van der Waals surface area contributed by atoms with E-state index in [4.69, 9.17) is 15.6 Å². The lowest BCUT2D eigenvalue weighted by Gasteiger charge is -2.24. The highest BCUT2D eigenvalue weighted by molar-refractivity contribution is 5.55. The topological polar surface area (TPSA) is 112 Å². The highest BCUT2D eigenvalue weighted by Crippen LogP contribution is 2.28. The molecule has 1 aromatic rings. The molecule has 2 unspecified atom stereocenters. The van der Waals surface area contributed by atoms with Crippen LogP contribution in [0.25, 0.3) is 0 Å². The van der Waals surface area contributed by atoms with Crippen molar-refractivity contribution in [1.29, 1.82) is 0 Å². The molecule has 1 aromatic heterocycles. The first-order valence-corrected chi connectivity index (χ1v) is 6.21. The Morgan fingerprint density at radius 2 is 2.21 bits per heavy atom. The Kier molecular flexibility index (Phi) is 4.41. The number of aromatic nitrogens is 1. The molecule has 1 aliphatic rings. The molecule has 1 saturated heterocycles. The van der Waals surface area contributed by atoms with E-state index in [0.29, 0.717) is 24.5 Å². The second kappa shape index (κ2) is 6.05. The van der Waals surface area contributed by atoms with Crippen LogP contribution in [0.15, 0.2) is 12.1 Å². The minimum Gasteiger partial charge on any atom is -0.474 e. The van der Waals surface area contributed by atoms with Crippen LogP contribution >= 0.6 is 0 Å². The number of aliphatic hydroxyl groups is 3. The lowest BCUT2D eigenvalue weighted by molar-refractivity contribution is 0.184. The van der Waals surface area contributed by atoms with Crippen LogP contribution in [0.3, 0.4) is 0 Å². The predicted molar refractivity (Wildman–Crippen MR) is 70.1 cm³/mol. The van der Waals surface area contributed by atoms with Gasteiger partial charge in [0.1, 0.15) is 12.4 Å². The third kappa shape index (κ3) is 3.06. The molecule has 19 heavy (non-hydrogen) atoms. The fourth-order valence-electron chi connectivity index (χ4n) is 2.20. The van der Waals surface area contributed by atoms with Gasteiger partial charge in [0.05, 0.1) is 31.0 Å². The van der Waals surface area contributed by atoms with Crippen molar-refractivity contribution in [3.63, 3.8) is 0 Å². The minimum absolute atomic E-state index is 0.0457. The third-order valence-corrected chi connectivity index (χ3v) is 3.10. The first-order chi connectivity index (χ1) is 9.15. The Morgan fingerprint density at radius 3 is 2.89 bits per heavy atom. The molecule has 2 rings (SSSR count).